The van der Waals surface area contributed by atoms with Gasteiger partial charge in [0.15, 0.2) is 0 Å². The molecule has 0 saturated heterocycles. The highest BCUT2D eigenvalue weighted by molar-refractivity contribution is 6.70. The highest BCUT2D eigenvalue weighted by Crippen LogP contribution is 2.43. The maximum atomic E-state index is 7.56. The summed E-state index contributed by atoms with van der Waals surface area (Å²) in [7, 11) is 3.62. The second-order valence-corrected chi connectivity index (χ2v) is 18.8. The summed E-state index contributed by atoms with van der Waals surface area (Å²) in [5.74, 6) is 0. The Kier molecular flexibility index (Phi) is 14.7. The van der Waals surface area contributed by atoms with Crippen LogP contribution < -0.4 is 0 Å². The van der Waals surface area contributed by atoms with Crippen LogP contribution in [-0.4, -0.2) is 63.3 Å². The minimum atomic E-state index is -2.83. The van der Waals surface area contributed by atoms with Gasteiger partial charge in [-0.1, -0.05) is 113 Å². The molecular formula is C43H60N4O2Si. The van der Waals surface area contributed by atoms with Gasteiger partial charge in [-0.2, -0.15) is 0 Å². The first kappa shape index (κ1) is 39.3. The molecule has 0 aliphatic carbocycles. The molecule has 1 aromatic heterocycles. The maximum Gasteiger partial charge on any atom is 0.344 e. The van der Waals surface area contributed by atoms with E-state index in [2.05, 4.69) is 169 Å². The maximum absolute atomic E-state index is 7.56. The van der Waals surface area contributed by atoms with E-state index in [-0.39, 0.29) is 29.3 Å². The molecule has 3 aromatic carbocycles. The summed E-state index contributed by atoms with van der Waals surface area (Å²) in [5.41, 5.74) is 8.45. The van der Waals surface area contributed by atoms with Crippen LogP contribution in [0.1, 0.15) is 93.5 Å². The quantitative estimate of drug-likeness (QED) is 0.0767. The molecular weight excluding hydrogens is 633 g/mol. The van der Waals surface area contributed by atoms with E-state index in [1.807, 2.05) is 18.5 Å². The van der Waals surface area contributed by atoms with E-state index >= 15 is 0 Å². The predicted octanol–water partition coefficient (Wildman–Crippen LogP) is 10.6. The SMILES string of the molecule is CC(=Nc1c(C)cccc1C)C(c1cccnc1)N(C)CCC(O[Si](OC(CCN(C)C)c1ccccc1)(C(C)C)C(C)C)c1ccccc1. The highest BCUT2D eigenvalue weighted by atomic mass is 28.4. The van der Waals surface area contributed by atoms with E-state index < -0.39 is 8.56 Å². The van der Waals surface area contributed by atoms with E-state index in [0.29, 0.717) is 0 Å². The van der Waals surface area contributed by atoms with Crippen LogP contribution in [0.15, 0.2) is 108 Å². The van der Waals surface area contributed by atoms with Crippen molar-refractivity contribution in [1.82, 2.24) is 14.8 Å². The number of nitrogens with zero attached hydrogens (tertiary/aromatic N) is 4. The summed E-state index contributed by atoms with van der Waals surface area (Å²) in [6.07, 6.45) is 5.33. The van der Waals surface area contributed by atoms with Gasteiger partial charge in [-0.3, -0.25) is 14.9 Å². The summed E-state index contributed by atoms with van der Waals surface area (Å²) in [6, 6.07) is 31.9. The van der Waals surface area contributed by atoms with Crippen molar-refractivity contribution in [2.24, 2.45) is 4.99 Å². The van der Waals surface area contributed by atoms with Gasteiger partial charge < -0.3 is 13.8 Å². The first-order valence-corrected chi connectivity index (χ1v) is 20.2. The largest absolute Gasteiger partial charge is 0.387 e. The van der Waals surface area contributed by atoms with Crippen molar-refractivity contribution in [1.29, 1.82) is 0 Å². The average molecular weight is 693 g/mol. The fraction of sp³-hybridized carbons (Fsp3) is 0.442. The number of rotatable bonds is 18. The van der Waals surface area contributed by atoms with Crippen molar-refractivity contribution in [3.8, 4) is 0 Å². The second kappa shape index (κ2) is 18.7. The Bertz CT molecular complexity index is 1580. The predicted molar refractivity (Wildman–Crippen MR) is 213 cm³/mol. The van der Waals surface area contributed by atoms with Crippen LogP contribution in [-0.2, 0) is 8.85 Å². The molecule has 3 atom stereocenters. The molecule has 0 aliphatic heterocycles. The highest BCUT2D eigenvalue weighted by Gasteiger charge is 2.48. The van der Waals surface area contributed by atoms with Crippen LogP contribution in [0, 0.1) is 13.8 Å². The Labute approximate surface area is 303 Å². The molecule has 50 heavy (non-hydrogen) atoms. The fourth-order valence-electron chi connectivity index (χ4n) is 7.00. The van der Waals surface area contributed by atoms with Crippen molar-refractivity contribution < 1.29 is 8.85 Å². The molecule has 268 valence electrons. The van der Waals surface area contributed by atoms with Gasteiger partial charge in [-0.05, 0) is 99.7 Å². The third-order valence-electron chi connectivity index (χ3n) is 9.75. The van der Waals surface area contributed by atoms with Crippen LogP contribution >= 0.6 is 0 Å². The summed E-state index contributed by atoms with van der Waals surface area (Å²) >= 11 is 0. The first-order valence-electron chi connectivity index (χ1n) is 18.2. The van der Waals surface area contributed by atoms with Gasteiger partial charge in [0.05, 0.1) is 23.9 Å². The number of hydrogen-bond acceptors (Lipinski definition) is 6. The molecule has 0 saturated carbocycles. The van der Waals surface area contributed by atoms with Gasteiger partial charge in [0, 0.05) is 31.2 Å². The van der Waals surface area contributed by atoms with E-state index in [0.717, 1.165) is 42.9 Å². The molecule has 1 heterocycles. The zero-order valence-corrected chi connectivity index (χ0v) is 33.1. The zero-order valence-electron chi connectivity index (χ0n) is 32.1. The fourth-order valence-corrected chi connectivity index (χ4v) is 10.9. The van der Waals surface area contributed by atoms with E-state index in [4.69, 9.17) is 13.8 Å². The molecule has 4 rings (SSSR count). The average Bonchev–Trinajstić information content (AvgIpc) is 3.10. The molecule has 0 amide bonds. The summed E-state index contributed by atoms with van der Waals surface area (Å²) in [6.45, 7) is 17.3. The van der Waals surface area contributed by atoms with Crippen LogP contribution in [0.5, 0.6) is 0 Å². The summed E-state index contributed by atoms with van der Waals surface area (Å²) in [4.78, 5) is 14.4. The van der Waals surface area contributed by atoms with Crippen molar-refractivity contribution in [2.45, 2.75) is 90.6 Å². The smallest absolute Gasteiger partial charge is 0.344 e. The molecule has 6 nitrogen and oxygen atoms in total. The topological polar surface area (TPSA) is 50.2 Å². The van der Waals surface area contributed by atoms with E-state index in [1.165, 1.54) is 22.3 Å². The van der Waals surface area contributed by atoms with Gasteiger partial charge in [-0.25, -0.2) is 0 Å². The van der Waals surface area contributed by atoms with Crippen molar-refractivity contribution in [2.75, 3.05) is 34.2 Å². The monoisotopic (exact) mass is 692 g/mol. The Morgan fingerprint density at radius 1 is 0.680 bits per heavy atom. The molecule has 0 spiro atoms. The van der Waals surface area contributed by atoms with Crippen LogP contribution in [0.4, 0.5) is 5.69 Å². The zero-order chi connectivity index (χ0) is 36.3. The molecule has 7 heteroatoms. The number of aliphatic imine (C=N–C) groups is 1. The Balaban J connectivity index is 1.69. The van der Waals surface area contributed by atoms with Gasteiger partial charge in [0.25, 0.3) is 0 Å². The molecule has 0 N–H and O–H groups in total. The lowest BCUT2D eigenvalue weighted by Crippen LogP contribution is -2.50. The number of aromatic nitrogens is 1. The Morgan fingerprint density at radius 3 is 1.64 bits per heavy atom. The standard InChI is InChI=1S/C43H60N4O2Si/c1-32(2)50(33(3)4,48-40(26-29-46(8)9)37-21-13-11-14-22-37)49-41(38-23-15-12-16-24-38)27-30-47(10)43(39-25-18-28-44-31-39)36(7)45-42-34(5)19-17-20-35(42)6/h11-25,28,31-33,40-41,43H,26-27,29-30H2,1-10H3. The minimum absolute atomic E-state index is 0.0407. The van der Waals surface area contributed by atoms with Gasteiger partial charge >= 0.3 is 8.56 Å². The lowest BCUT2D eigenvalue weighted by molar-refractivity contribution is 0.0509. The molecule has 4 aromatic rings. The lowest BCUT2D eigenvalue weighted by atomic mass is 10.0. The Morgan fingerprint density at radius 2 is 1.18 bits per heavy atom. The van der Waals surface area contributed by atoms with Crippen LogP contribution in [0.3, 0.4) is 0 Å². The second-order valence-electron chi connectivity index (χ2n) is 14.6. The number of benzene rings is 3. The number of hydrogen-bond donors (Lipinski definition) is 0. The summed E-state index contributed by atoms with van der Waals surface area (Å²) < 4.78 is 15.0. The molecule has 0 aliphatic rings. The third kappa shape index (κ3) is 10.3. The van der Waals surface area contributed by atoms with Crippen molar-refractivity contribution in [3.63, 3.8) is 0 Å². The lowest BCUT2D eigenvalue weighted by Gasteiger charge is -2.43. The minimum Gasteiger partial charge on any atom is -0.387 e. The molecule has 3 unspecified atom stereocenters. The third-order valence-corrected chi connectivity index (χ3v) is 14.3. The molecule has 0 radical (unpaired) electrons. The van der Waals surface area contributed by atoms with Crippen LogP contribution in [0.25, 0.3) is 0 Å². The number of para-hydroxylation sites is 1. The number of pyridine rings is 1. The van der Waals surface area contributed by atoms with Crippen molar-refractivity contribution >= 4 is 20.0 Å². The first-order chi connectivity index (χ1) is 23.9. The van der Waals surface area contributed by atoms with E-state index in [9.17, 15) is 0 Å². The van der Waals surface area contributed by atoms with Crippen LogP contribution in [0.2, 0.25) is 11.1 Å². The molecule has 0 fully saturated rings. The molecule has 0 bridgehead atoms. The van der Waals surface area contributed by atoms with Crippen molar-refractivity contribution in [3.05, 3.63) is 131 Å². The normalized spacial score (nSPS) is 14.5. The van der Waals surface area contributed by atoms with Gasteiger partial charge in [0.2, 0.25) is 0 Å². The van der Waals surface area contributed by atoms with Gasteiger partial charge in [-0.15, -0.1) is 0 Å². The summed E-state index contributed by atoms with van der Waals surface area (Å²) in [5, 5.41) is 0. The van der Waals surface area contributed by atoms with Gasteiger partial charge in [0.1, 0.15) is 0 Å². The van der Waals surface area contributed by atoms with E-state index in [1.54, 1.807) is 0 Å². The number of aryl methyl sites for hydroxylation is 2. The Hall–Kier alpha value is -3.46.